The molecule has 0 N–H and O–H groups in total. The van der Waals surface area contributed by atoms with Gasteiger partial charge in [-0.1, -0.05) is 16.9 Å². The van der Waals surface area contributed by atoms with Crippen LogP contribution in [0.15, 0.2) is 27.9 Å². The third kappa shape index (κ3) is 4.38. The zero-order valence-corrected chi connectivity index (χ0v) is 15.6. The lowest BCUT2D eigenvalue weighted by Gasteiger charge is -2.36. The Labute approximate surface area is 151 Å². The lowest BCUT2D eigenvalue weighted by molar-refractivity contribution is -0.130. The fourth-order valence-corrected chi connectivity index (χ4v) is 3.69. The maximum atomic E-state index is 12.5. The quantitative estimate of drug-likeness (QED) is 0.755. The Morgan fingerprint density at radius 1 is 1.32 bits per heavy atom. The number of nitrogens with zero attached hydrogens (tertiary/aromatic N) is 5. The van der Waals surface area contributed by atoms with Gasteiger partial charge < -0.3 is 9.42 Å². The van der Waals surface area contributed by atoms with E-state index in [1.54, 1.807) is 13.1 Å². The molecule has 2 aromatic rings. The van der Waals surface area contributed by atoms with Crippen LogP contribution in [-0.2, 0) is 4.79 Å². The summed E-state index contributed by atoms with van der Waals surface area (Å²) >= 11 is 1.42. The average molecular weight is 361 g/mol. The molecule has 0 aliphatic carbocycles. The molecule has 3 rings (SSSR count). The summed E-state index contributed by atoms with van der Waals surface area (Å²) in [5.41, 5.74) is 0.793. The minimum Gasteiger partial charge on any atom is -0.339 e. The molecule has 0 saturated carbocycles. The van der Waals surface area contributed by atoms with Crippen molar-refractivity contribution < 1.29 is 9.32 Å². The number of thioether (sulfide) groups is 1. The van der Waals surface area contributed by atoms with Gasteiger partial charge in [0.1, 0.15) is 5.03 Å². The molecule has 1 aliphatic rings. The number of aryl methyl sites for hydroxylation is 1. The summed E-state index contributed by atoms with van der Waals surface area (Å²) in [7, 11) is 0. The van der Waals surface area contributed by atoms with Gasteiger partial charge in [0.05, 0.1) is 11.3 Å². The first-order valence-electron chi connectivity index (χ1n) is 8.45. The van der Waals surface area contributed by atoms with Crippen LogP contribution in [-0.4, -0.2) is 68.8 Å². The summed E-state index contributed by atoms with van der Waals surface area (Å²) in [6.45, 7) is 9.58. The highest BCUT2D eigenvalue weighted by Crippen LogP contribution is 2.27. The van der Waals surface area contributed by atoms with E-state index in [-0.39, 0.29) is 5.91 Å². The standard InChI is InChI=1S/C17H23N5O2S/c1-12(2)21-7-9-22(10-8-21)15(23)11-25-17-14(5-4-6-18-17)16-19-13(3)24-20-16/h4-6,12H,7-11H2,1-3H3. The van der Waals surface area contributed by atoms with Crippen LogP contribution in [0.1, 0.15) is 19.7 Å². The van der Waals surface area contributed by atoms with Gasteiger partial charge in [0.15, 0.2) is 0 Å². The van der Waals surface area contributed by atoms with Gasteiger partial charge in [-0.15, -0.1) is 0 Å². The minimum atomic E-state index is 0.148. The summed E-state index contributed by atoms with van der Waals surface area (Å²) in [6, 6.07) is 4.25. The molecule has 0 atom stereocenters. The van der Waals surface area contributed by atoms with Gasteiger partial charge in [0, 0.05) is 45.3 Å². The summed E-state index contributed by atoms with van der Waals surface area (Å²) in [5, 5.41) is 4.70. The second kappa shape index (κ2) is 7.97. The van der Waals surface area contributed by atoms with E-state index in [9.17, 15) is 4.79 Å². The van der Waals surface area contributed by atoms with Crippen molar-refractivity contribution in [2.45, 2.75) is 31.8 Å². The van der Waals surface area contributed by atoms with E-state index in [4.69, 9.17) is 4.52 Å². The Kier molecular flexibility index (Phi) is 5.70. The monoisotopic (exact) mass is 361 g/mol. The van der Waals surface area contributed by atoms with Crippen molar-refractivity contribution in [1.82, 2.24) is 24.9 Å². The molecule has 7 nitrogen and oxygen atoms in total. The van der Waals surface area contributed by atoms with Gasteiger partial charge in [-0.3, -0.25) is 9.69 Å². The molecule has 0 bridgehead atoms. The van der Waals surface area contributed by atoms with Crippen LogP contribution in [0, 0.1) is 6.92 Å². The maximum Gasteiger partial charge on any atom is 0.233 e. The molecule has 0 radical (unpaired) electrons. The van der Waals surface area contributed by atoms with E-state index in [0.29, 0.717) is 23.5 Å². The fourth-order valence-electron chi connectivity index (χ4n) is 2.79. The largest absolute Gasteiger partial charge is 0.339 e. The molecule has 8 heteroatoms. The zero-order chi connectivity index (χ0) is 17.8. The first kappa shape index (κ1) is 17.9. The van der Waals surface area contributed by atoms with Crippen molar-refractivity contribution in [3.63, 3.8) is 0 Å². The minimum absolute atomic E-state index is 0.148. The Morgan fingerprint density at radius 2 is 2.08 bits per heavy atom. The number of amides is 1. The molecule has 3 heterocycles. The van der Waals surface area contributed by atoms with E-state index in [0.717, 1.165) is 36.8 Å². The molecule has 2 aromatic heterocycles. The number of piperazine rings is 1. The van der Waals surface area contributed by atoms with Gasteiger partial charge in [0.2, 0.25) is 17.6 Å². The van der Waals surface area contributed by atoms with E-state index >= 15 is 0 Å². The normalized spacial score (nSPS) is 15.8. The number of carbonyl (C=O) groups excluding carboxylic acids is 1. The fraction of sp³-hybridized carbons (Fsp3) is 0.529. The van der Waals surface area contributed by atoms with Crippen LogP contribution in [0.25, 0.3) is 11.4 Å². The van der Waals surface area contributed by atoms with Crippen molar-refractivity contribution in [2.24, 2.45) is 0 Å². The molecule has 0 spiro atoms. The predicted octanol–water partition coefficient (Wildman–Crippen LogP) is 2.08. The molecule has 1 aliphatic heterocycles. The lowest BCUT2D eigenvalue weighted by Crippen LogP contribution is -2.51. The summed E-state index contributed by atoms with van der Waals surface area (Å²) in [5.74, 6) is 1.53. The molecule has 1 amide bonds. The van der Waals surface area contributed by atoms with Crippen molar-refractivity contribution in [2.75, 3.05) is 31.9 Å². The first-order chi connectivity index (χ1) is 12.0. The molecule has 1 fully saturated rings. The van der Waals surface area contributed by atoms with Crippen LogP contribution in [0.2, 0.25) is 0 Å². The number of carbonyl (C=O) groups is 1. The van der Waals surface area contributed by atoms with Crippen molar-refractivity contribution in [1.29, 1.82) is 0 Å². The molecule has 0 unspecified atom stereocenters. The highest BCUT2D eigenvalue weighted by Gasteiger charge is 2.23. The molecular weight excluding hydrogens is 338 g/mol. The SMILES string of the molecule is Cc1nc(-c2cccnc2SCC(=O)N2CCN(C(C)C)CC2)no1. The van der Waals surface area contributed by atoms with Crippen LogP contribution < -0.4 is 0 Å². The Bertz CT molecular complexity index is 725. The Balaban J connectivity index is 1.60. The van der Waals surface area contributed by atoms with Gasteiger partial charge in [-0.2, -0.15) is 4.98 Å². The predicted molar refractivity (Wildman–Crippen MR) is 96.3 cm³/mol. The van der Waals surface area contributed by atoms with Gasteiger partial charge >= 0.3 is 0 Å². The third-order valence-corrected chi connectivity index (χ3v) is 5.26. The van der Waals surface area contributed by atoms with Crippen LogP contribution in [0.4, 0.5) is 0 Å². The molecular formula is C17H23N5O2S. The van der Waals surface area contributed by atoms with E-state index < -0.39 is 0 Å². The first-order valence-corrected chi connectivity index (χ1v) is 9.43. The van der Waals surface area contributed by atoms with Crippen LogP contribution >= 0.6 is 11.8 Å². The van der Waals surface area contributed by atoms with Gasteiger partial charge in [-0.05, 0) is 26.0 Å². The van der Waals surface area contributed by atoms with E-state index in [1.165, 1.54) is 11.8 Å². The number of rotatable bonds is 5. The topological polar surface area (TPSA) is 75.4 Å². The summed E-state index contributed by atoms with van der Waals surface area (Å²) in [4.78, 5) is 25.5. The molecule has 1 saturated heterocycles. The van der Waals surface area contributed by atoms with E-state index in [1.807, 2.05) is 17.0 Å². The second-order valence-electron chi connectivity index (χ2n) is 6.29. The Morgan fingerprint density at radius 3 is 2.72 bits per heavy atom. The lowest BCUT2D eigenvalue weighted by atomic mass is 10.2. The molecule has 0 aromatic carbocycles. The van der Waals surface area contributed by atoms with Crippen LogP contribution in [0.3, 0.4) is 0 Å². The highest BCUT2D eigenvalue weighted by molar-refractivity contribution is 8.00. The number of aromatic nitrogens is 3. The van der Waals surface area contributed by atoms with Crippen molar-refractivity contribution >= 4 is 17.7 Å². The summed E-state index contributed by atoms with van der Waals surface area (Å²) in [6.07, 6.45) is 1.71. The van der Waals surface area contributed by atoms with Crippen molar-refractivity contribution in [3.8, 4) is 11.4 Å². The smallest absolute Gasteiger partial charge is 0.233 e. The van der Waals surface area contributed by atoms with Gasteiger partial charge in [-0.25, -0.2) is 4.98 Å². The number of pyridine rings is 1. The second-order valence-corrected chi connectivity index (χ2v) is 7.26. The number of hydrogen-bond donors (Lipinski definition) is 0. The maximum absolute atomic E-state index is 12.5. The zero-order valence-electron chi connectivity index (χ0n) is 14.8. The highest BCUT2D eigenvalue weighted by atomic mass is 32.2. The molecule has 134 valence electrons. The average Bonchev–Trinajstić information content (AvgIpc) is 3.06. The number of hydrogen-bond acceptors (Lipinski definition) is 7. The third-order valence-electron chi connectivity index (χ3n) is 4.27. The van der Waals surface area contributed by atoms with Crippen molar-refractivity contribution in [3.05, 3.63) is 24.2 Å². The van der Waals surface area contributed by atoms with Gasteiger partial charge in [0.25, 0.3) is 0 Å². The van der Waals surface area contributed by atoms with E-state index in [2.05, 4.69) is 33.9 Å². The van der Waals surface area contributed by atoms with Crippen LogP contribution in [0.5, 0.6) is 0 Å². The Hall–Kier alpha value is -1.93. The molecule has 25 heavy (non-hydrogen) atoms. The summed E-state index contributed by atoms with van der Waals surface area (Å²) < 4.78 is 5.05.